The predicted molar refractivity (Wildman–Crippen MR) is 82.1 cm³/mol. The number of sulfonamides is 1. The summed E-state index contributed by atoms with van der Waals surface area (Å²) in [7, 11) is -3.59. The molecule has 120 valence electrons. The third kappa shape index (κ3) is 6.44. The molecule has 0 bridgehead atoms. The van der Waals surface area contributed by atoms with Crippen LogP contribution in [0.4, 0.5) is 4.39 Å². The van der Waals surface area contributed by atoms with Gasteiger partial charge < -0.3 is 4.74 Å². The Morgan fingerprint density at radius 1 is 1.24 bits per heavy atom. The summed E-state index contributed by atoms with van der Waals surface area (Å²) < 4.78 is 41.9. The van der Waals surface area contributed by atoms with E-state index in [-0.39, 0.29) is 18.2 Å². The highest BCUT2D eigenvalue weighted by Crippen LogP contribution is 2.32. The van der Waals surface area contributed by atoms with Crippen LogP contribution in [0.5, 0.6) is 5.75 Å². The molecule has 0 aliphatic heterocycles. The van der Waals surface area contributed by atoms with E-state index in [0.717, 1.165) is 12.8 Å². The Hall–Kier alpha value is -1.14. The Kier molecular flexibility index (Phi) is 6.61. The first-order valence-electron chi connectivity index (χ1n) is 7.19. The molecule has 1 aromatic carbocycles. The average Bonchev–Trinajstić information content (AvgIpc) is 2.35. The number of rotatable bonds is 9. The Morgan fingerprint density at radius 2 is 1.86 bits per heavy atom. The summed E-state index contributed by atoms with van der Waals surface area (Å²) in [4.78, 5) is 0. The van der Waals surface area contributed by atoms with E-state index in [9.17, 15) is 12.8 Å². The fourth-order valence-electron chi connectivity index (χ4n) is 2.74. The molecule has 0 aromatic heterocycles. The molecule has 0 heterocycles. The van der Waals surface area contributed by atoms with Gasteiger partial charge in [-0.1, -0.05) is 32.8 Å². The van der Waals surface area contributed by atoms with E-state index in [2.05, 4.69) is 0 Å². The topological polar surface area (TPSA) is 69.4 Å². The van der Waals surface area contributed by atoms with Crippen molar-refractivity contribution in [2.45, 2.75) is 39.5 Å². The zero-order valence-corrected chi connectivity index (χ0v) is 13.5. The first-order valence-corrected chi connectivity index (χ1v) is 8.90. The third-order valence-electron chi connectivity index (χ3n) is 3.41. The predicted octanol–water partition coefficient (Wildman–Crippen LogP) is 3.08. The molecular weight excluding hydrogens is 293 g/mol. The molecule has 0 fully saturated rings. The molecule has 0 atom stereocenters. The van der Waals surface area contributed by atoms with Crippen LogP contribution in [0, 0.1) is 11.2 Å². The standard InChI is InChI=1S/C15H24FNO3S/c1-3-8-15(9-4-2,12-21(17,18)19)11-20-14-7-5-6-13(16)10-14/h5-7,10H,3-4,8-9,11-12H2,1-2H3,(H2,17,18,19). The van der Waals surface area contributed by atoms with Gasteiger partial charge in [-0.05, 0) is 25.0 Å². The van der Waals surface area contributed by atoms with Crippen LogP contribution in [-0.4, -0.2) is 20.8 Å². The van der Waals surface area contributed by atoms with Crippen molar-refractivity contribution in [3.8, 4) is 5.75 Å². The molecule has 21 heavy (non-hydrogen) atoms. The van der Waals surface area contributed by atoms with Crippen LogP contribution in [0.25, 0.3) is 0 Å². The Labute approximate surface area is 126 Å². The highest BCUT2D eigenvalue weighted by atomic mass is 32.2. The highest BCUT2D eigenvalue weighted by molar-refractivity contribution is 7.89. The zero-order chi connectivity index (χ0) is 15.9. The largest absolute Gasteiger partial charge is 0.493 e. The van der Waals surface area contributed by atoms with Crippen molar-refractivity contribution in [3.05, 3.63) is 30.1 Å². The molecule has 6 heteroatoms. The monoisotopic (exact) mass is 317 g/mol. The smallest absolute Gasteiger partial charge is 0.209 e. The van der Waals surface area contributed by atoms with E-state index in [1.54, 1.807) is 12.1 Å². The summed E-state index contributed by atoms with van der Waals surface area (Å²) in [6.45, 7) is 4.21. The molecule has 1 rings (SSSR count). The number of ether oxygens (including phenoxy) is 1. The van der Waals surface area contributed by atoms with E-state index in [1.165, 1.54) is 12.1 Å². The van der Waals surface area contributed by atoms with Gasteiger partial charge >= 0.3 is 0 Å². The summed E-state index contributed by atoms with van der Waals surface area (Å²) in [5.74, 6) is -0.0895. The molecule has 0 aliphatic carbocycles. The zero-order valence-electron chi connectivity index (χ0n) is 12.6. The molecule has 0 saturated carbocycles. The van der Waals surface area contributed by atoms with Crippen molar-refractivity contribution in [2.75, 3.05) is 12.4 Å². The van der Waals surface area contributed by atoms with Crippen molar-refractivity contribution >= 4 is 10.0 Å². The summed E-state index contributed by atoms with van der Waals surface area (Å²) in [5, 5.41) is 5.23. The number of nitrogens with two attached hydrogens (primary N) is 1. The molecule has 0 radical (unpaired) electrons. The second kappa shape index (κ2) is 7.75. The second-order valence-electron chi connectivity index (χ2n) is 5.55. The lowest BCUT2D eigenvalue weighted by atomic mass is 9.82. The van der Waals surface area contributed by atoms with Gasteiger partial charge in [-0.2, -0.15) is 0 Å². The van der Waals surface area contributed by atoms with E-state index in [0.29, 0.717) is 18.6 Å². The van der Waals surface area contributed by atoms with Crippen molar-refractivity contribution in [3.63, 3.8) is 0 Å². The van der Waals surface area contributed by atoms with Crippen molar-refractivity contribution in [2.24, 2.45) is 10.6 Å². The Balaban J connectivity index is 2.89. The number of hydrogen-bond donors (Lipinski definition) is 1. The van der Waals surface area contributed by atoms with Crippen molar-refractivity contribution in [1.29, 1.82) is 0 Å². The molecule has 0 unspecified atom stereocenters. The van der Waals surface area contributed by atoms with Gasteiger partial charge in [-0.25, -0.2) is 17.9 Å². The van der Waals surface area contributed by atoms with Crippen LogP contribution in [0.2, 0.25) is 0 Å². The fourth-order valence-corrected chi connectivity index (χ4v) is 3.96. The lowest BCUT2D eigenvalue weighted by Crippen LogP contribution is -2.38. The van der Waals surface area contributed by atoms with Crippen LogP contribution in [0.15, 0.2) is 24.3 Å². The summed E-state index contributed by atoms with van der Waals surface area (Å²) >= 11 is 0. The second-order valence-corrected chi connectivity index (χ2v) is 7.17. The minimum absolute atomic E-state index is 0.114. The first kappa shape index (κ1) is 17.9. The van der Waals surface area contributed by atoms with Crippen LogP contribution in [0.3, 0.4) is 0 Å². The molecule has 0 spiro atoms. The van der Waals surface area contributed by atoms with E-state index in [4.69, 9.17) is 9.88 Å². The normalized spacial score (nSPS) is 12.4. The average molecular weight is 317 g/mol. The van der Waals surface area contributed by atoms with E-state index >= 15 is 0 Å². The van der Waals surface area contributed by atoms with Crippen LogP contribution in [0.1, 0.15) is 39.5 Å². The number of primary sulfonamides is 1. The maximum absolute atomic E-state index is 13.2. The van der Waals surface area contributed by atoms with E-state index in [1.807, 2.05) is 13.8 Å². The van der Waals surface area contributed by atoms with Gasteiger partial charge in [0.25, 0.3) is 0 Å². The summed E-state index contributed by atoms with van der Waals surface area (Å²) in [5.41, 5.74) is -0.524. The highest BCUT2D eigenvalue weighted by Gasteiger charge is 2.33. The fraction of sp³-hybridized carbons (Fsp3) is 0.600. The number of benzene rings is 1. The van der Waals surface area contributed by atoms with Gasteiger partial charge in [0.2, 0.25) is 10.0 Å². The number of halogens is 1. The molecule has 0 amide bonds. The minimum Gasteiger partial charge on any atom is -0.493 e. The first-order chi connectivity index (χ1) is 9.80. The SMILES string of the molecule is CCCC(CCC)(COc1cccc(F)c1)CS(N)(=O)=O. The minimum atomic E-state index is -3.59. The quantitative estimate of drug-likeness (QED) is 0.761. The van der Waals surface area contributed by atoms with Gasteiger partial charge in [0, 0.05) is 11.5 Å². The number of hydrogen-bond acceptors (Lipinski definition) is 3. The summed E-state index contributed by atoms with van der Waals surface area (Å²) in [6.07, 6.45) is 3.07. The molecular formula is C15H24FNO3S. The maximum Gasteiger partial charge on any atom is 0.209 e. The van der Waals surface area contributed by atoms with Crippen LogP contribution in [-0.2, 0) is 10.0 Å². The van der Waals surface area contributed by atoms with Gasteiger partial charge in [0.15, 0.2) is 0 Å². The van der Waals surface area contributed by atoms with Crippen molar-refractivity contribution < 1.29 is 17.5 Å². The van der Waals surface area contributed by atoms with Gasteiger partial charge in [-0.15, -0.1) is 0 Å². The van der Waals surface area contributed by atoms with Gasteiger partial charge in [0.05, 0.1) is 12.4 Å². The summed E-state index contributed by atoms with van der Waals surface area (Å²) in [6, 6.07) is 5.84. The van der Waals surface area contributed by atoms with Crippen LogP contribution >= 0.6 is 0 Å². The van der Waals surface area contributed by atoms with Gasteiger partial charge in [-0.3, -0.25) is 0 Å². The lowest BCUT2D eigenvalue weighted by molar-refractivity contribution is 0.141. The molecule has 0 saturated heterocycles. The molecule has 0 aliphatic rings. The third-order valence-corrected chi connectivity index (χ3v) is 4.42. The Bertz CT molecular complexity index is 540. The molecule has 1 aromatic rings. The maximum atomic E-state index is 13.2. The van der Waals surface area contributed by atoms with Gasteiger partial charge in [0.1, 0.15) is 11.6 Å². The van der Waals surface area contributed by atoms with Crippen molar-refractivity contribution in [1.82, 2.24) is 0 Å². The van der Waals surface area contributed by atoms with Crippen LogP contribution < -0.4 is 9.88 Å². The molecule has 4 nitrogen and oxygen atoms in total. The Morgan fingerprint density at radius 3 is 2.33 bits per heavy atom. The molecule has 2 N–H and O–H groups in total. The lowest BCUT2D eigenvalue weighted by Gasteiger charge is -2.32. The van der Waals surface area contributed by atoms with E-state index < -0.39 is 15.4 Å².